The van der Waals surface area contributed by atoms with Crippen LogP contribution in [0.25, 0.3) is 142 Å². The minimum absolute atomic E-state index is 0.914. The van der Waals surface area contributed by atoms with Crippen molar-refractivity contribution in [2.75, 3.05) is 0 Å². The van der Waals surface area contributed by atoms with Crippen molar-refractivity contribution in [2.45, 2.75) is 0 Å². The molecular weight excluding hydrogens is 809 g/mol. The molecule has 1 aromatic heterocycles. The Kier molecular flexibility index (Phi) is 8.35. The molecule has 13 aromatic carbocycles. The largest absolute Gasteiger partial charge is 0.456 e. The van der Waals surface area contributed by atoms with Crippen molar-refractivity contribution < 1.29 is 4.42 Å². The highest BCUT2D eigenvalue weighted by atomic mass is 16.3. The van der Waals surface area contributed by atoms with Crippen molar-refractivity contribution in [3.8, 4) is 55.6 Å². The first-order valence-electron chi connectivity index (χ1n) is 23.1. The monoisotopic (exact) mass is 848 g/mol. The van der Waals surface area contributed by atoms with Crippen LogP contribution >= 0.6 is 0 Å². The Morgan fingerprint density at radius 1 is 0.194 bits per heavy atom. The van der Waals surface area contributed by atoms with Gasteiger partial charge in [-0.3, -0.25) is 0 Å². The first-order valence-corrected chi connectivity index (χ1v) is 23.1. The van der Waals surface area contributed by atoms with E-state index in [2.05, 4.69) is 243 Å². The molecule has 0 bridgehead atoms. The van der Waals surface area contributed by atoms with E-state index in [4.69, 9.17) is 4.42 Å². The molecule has 0 saturated carbocycles. The average Bonchev–Trinajstić information content (AvgIpc) is 3.79. The Balaban J connectivity index is 1.02. The van der Waals surface area contributed by atoms with Gasteiger partial charge in [0.1, 0.15) is 11.2 Å². The van der Waals surface area contributed by atoms with Crippen LogP contribution in [0.15, 0.2) is 247 Å². The van der Waals surface area contributed by atoms with Gasteiger partial charge in [-0.1, -0.05) is 194 Å². The average molecular weight is 849 g/mol. The van der Waals surface area contributed by atoms with E-state index in [-0.39, 0.29) is 0 Å². The van der Waals surface area contributed by atoms with Gasteiger partial charge in [-0.2, -0.15) is 0 Å². The number of hydrogen-bond donors (Lipinski definition) is 0. The maximum atomic E-state index is 6.46. The van der Waals surface area contributed by atoms with E-state index in [1.54, 1.807) is 0 Å². The van der Waals surface area contributed by atoms with Gasteiger partial charge in [-0.05, 0) is 163 Å². The molecule has 0 saturated heterocycles. The summed E-state index contributed by atoms with van der Waals surface area (Å²) in [6.07, 6.45) is 0. The van der Waals surface area contributed by atoms with Crippen molar-refractivity contribution in [3.63, 3.8) is 0 Å². The predicted molar refractivity (Wildman–Crippen MR) is 286 cm³/mol. The summed E-state index contributed by atoms with van der Waals surface area (Å²) in [5, 5.41) is 17.2. The zero-order valence-corrected chi connectivity index (χ0v) is 36.5. The van der Waals surface area contributed by atoms with Crippen LogP contribution in [0.4, 0.5) is 0 Å². The molecule has 0 unspecified atom stereocenters. The van der Waals surface area contributed by atoms with Crippen LogP contribution in [0.2, 0.25) is 0 Å². The van der Waals surface area contributed by atoms with Gasteiger partial charge in [0, 0.05) is 16.2 Å². The third-order valence-electron chi connectivity index (χ3n) is 14.2. The SMILES string of the molecule is c1ccc(-c2ccc(-c3cc(-c4ccc5ccccc5c4)cc(-c4c5ccccc5c(-c5ccc6c(c5)c5ccccc5c5ccc7oc8ccccc8c7c56)c5ccccc45)c3)cc2)cc1. The molecule has 0 aliphatic heterocycles. The number of hydrogen-bond acceptors (Lipinski definition) is 1. The second-order valence-corrected chi connectivity index (χ2v) is 17.9. The Hall–Kier alpha value is -8.78. The van der Waals surface area contributed by atoms with Gasteiger partial charge in [-0.25, -0.2) is 0 Å². The first-order chi connectivity index (χ1) is 33.2. The van der Waals surface area contributed by atoms with Crippen LogP contribution in [0.1, 0.15) is 0 Å². The number of para-hydroxylation sites is 1. The van der Waals surface area contributed by atoms with Gasteiger partial charge >= 0.3 is 0 Å². The molecule has 14 aromatic rings. The zero-order chi connectivity index (χ0) is 44.0. The molecule has 310 valence electrons. The highest BCUT2D eigenvalue weighted by Crippen LogP contribution is 2.48. The molecular formula is C66H40O. The van der Waals surface area contributed by atoms with E-state index >= 15 is 0 Å². The number of benzene rings is 13. The lowest BCUT2D eigenvalue weighted by molar-refractivity contribution is 0.669. The molecule has 14 rings (SSSR count). The van der Waals surface area contributed by atoms with Crippen molar-refractivity contribution in [1.29, 1.82) is 0 Å². The molecule has 0 amide bonds. The summed E-state index contributed by atoms with van der Waals surface area (Å²) in [5.41, 5.74) is 13.9. The Bertz CT molecular complexity index is 4250. The fraction of sp³-hybridized carbons (Fsp3) is 0. The minimum atomic E-state index is 0.914. The third-order valence-corrected chi connectivity index (χ3v) is 14.2. The second kappa shape index (κ2) is 14.9. The molecule has 0 aliphatic rings. The van der Waals surface area contributed by atoms with Crippen molar-refractivity contribution in [3.05, 3.63) is 243 Å². The van der Waals surface area contributed by atoms with Crippen LogP contribution in [0, 0.1) is 0 Å². The van der Waals surface area contributed by atoms with E-state index < -0.39 is 0 Å². The maximum Gasteiger partial charge on any atom is 0.136 e. The topological polar surface area (TPSA) is 13.1 Å². The summed E-state index contributed by atoms with van der Waals surface area (Å²) in [6.45, 7) is 0. The quantitative estimate of drug-likeness (QED) is 0.124. The van der Waals surface area contributed by atoms with Crippen LogP contribution in [0.3, 0.4) is 0 Å². The van der Waals surface area contributed by atoms with Gasteiger partial charge in [0.05, 0.1) is 0 Å². The molecule has 0 aliphatic carbocycles. The van der Waals surface area contributed by atoms with E-state index in [9.17, 15) is 0 Å². The summed E-state index contributed by atoms with van der Waals surface area (Å²) in [5.74, 6) is 0. The smallest absolute Gasteiger partial charge is 0.136 e. The first kappa shape index (κ1) is 37.6. The molecule has 0 radical (unpaired) electrons. The second-order valence-electron chi connectivity index (χ2n) is 17.9. The van der Waals surface area contributed by atoms with E-state index in [1.165, 1.54) is 126 Å². The molecule has 0 N–H and O–H groups in total. The Morgan fingerprint density at radius 2 is 0.657 bits per heavy atom. The number of rotatable bonds is 5. The van der Waals surface area contributed by atoms with Crippen molar-refractivity contribution >= 4 is 86.6 Å². The lowest BCUT2D eigenvalue weighted by Crippen LogP contribution is -1.93. The number of fused-ring (bicyclic) bond motifs is 13. The lowest BCUT2D eigenvalue weighted by Gasteiger charge is -2.20. The molecule has 0 fully saturated rings. The van der Waals surface area contributed by atoms with Crippen molar-refractivity contribution in [2.24, 2.45) is 0 Å². The summed E-state index contributed by atoms with van der Waals surface area (Å²) < 4.78 is 6.46. The van der Waals surface area contributed by atoms with Gasteiger partial charge < -0.3 is 4.42 Å². The van der Waals surface area contributed by atoms with Gasteiger partial charge in [0.2, 0.25) is 0 Å². The third kappa shape index (κ3) is 5.95. The lowest BCUT2D eigenvalue weighted by atomic mass is 9.83. The van der Waals surface area contributed by atoms with Crippen LogP contribution in [-0.2, 0) is 0 Å². The molecule has 1 heterocycles. The Labute approximate surface area is 387 Å². The Morgan fingerprint density at radius 3 is 1.36 bits per heavy atom. The van der Waals surface area contributed by atoms with Gasteiger partial charge in [0.15, 0.2) is 0 Å². The summed E-state index contributed by atoms with van der Waals surface area (Å²) in [4.78, 5) is 0. The molecule has 67 heavy (non-hydrogen) atoms. The fourth-order valence-electron chi connectivity index (χ4n) is 11.1. The summed E-state index contributed by atoms with van der Waals surface area (Å²) in [6, 6.07) is 89.3. The molecule has 0 spiro atoms. The van der Waals surface area contributed by atoms with Gasteiger partial charge in [-0.15, -0.1) is 0 Å². The molecule has 1 heteroatoms. The van der Waals surface area contributed by atoms with E-state index in [1.807, 2.05) is 0 Å². The van der Waals surface area contributed by atoms with Crippen LogP contribution < -0.4 is 0 Å². The maximum absolute atomic E-state index is 6.46. The zero-order valence-electron chi connectivity index (χ0n) is 36.5. The van der Waals surface area contributed by atoms with Crippen LogP contribution in [-0.4, -0.2) is 0 Å². The highest BCUT2D eigenvalue weighted by molar-refractivity contribution is 6.35. The van der Waals surface area contributed by atoms with Gasteiger partial charge in [0.25, 0.3) is 0 Å². The summed E-state index contributed by atoms with van der Waals surface area (Å²) in [7, 11) is 0. The predicted octanol–water partition coefficient (Wildman–Crippen LogP) is 18.8. The fourth-order valence-corrected chi connectivity index (χ4v) is 11.1. The summed E-state index contributed by atoms with van der Waals surface area (Å²) >= 11 is 0. The molecule has 1 nitrogen and oxygen atoms in total. The standard InChI is InChI=1S/C66H40O/c1-2-14-41(15-3-1)43-26-28-44(29-27-43)48-37-49(46-31-30-42-16-4-5-17-45(42)36-46)39-50(38-48)64-55-22-10-8-20-53(55)63(54-21-9-11-23-56(54)64)47-32-33-58-60(40-47)52-19-7-6-18-51(52)57-34-35-62-66(65(57)58)59-24-12-13-25-61(59)67-62/h1-40H. The van der Waals surface area contributed by atoms with E-state index in [0.717, 1.165) is 16.6 Å². The van der Waals surface area contributed by atoms with E-state index in [0.29, 0.717) is 0 Å². The molecule has 0 atom stereocenters. The van der Waals surface area contributed by atoms with Crippen LogP contribution in [0.5, 0.6) is 0 Å². The normalized spacial score (nSPS) is 11.9. The minimum Gasteiger partial charge on any atom is -0.456 e. The highest BCUT2D eigenvalue weighted by Gasteiger charge is 2.21. The van der Waals surface area contributed by atoms with Crippen molar-refractivity contribution in [1.82, 2.24) is 0 Å². The number of furan rings is 1.